The fourth-order valence-electron chi connectivity index (χ4n) is 8.91. The Morgan fingerprint density at radius 2 is 1.04 bits per heavy atom. The van der Waals surface area contributed by atoms with E-state index in [0.717, 1.165) is 33.3 Å². The van der Waals surface area contributed by atoms with Gasteiger partial charge in [-0.1, -0.05) is 138 Å². The normalized spacial score (nSPS) is 14.4. The molecule has 0 aliphatic heterocycles. The van der Waals surface area contributed by atoms with Crippen LogP contribution in [0.25, 0.3) is 55.3 Å². The van der Waals surface area contributed by atoms with Crippen molar-refractivity contribution in [2.24, 2.45) is 0 Å². The third-order valence-corrected chi connectivity index (χ3v) is 11.5. The van der Waals surface area contributed by atoms with Crippen LogP contribution in [-0.2, 0) is 10.8 Å². The number of hydrogen-bond donors (Lipinski definition) is 0. The van der Waals surface area contributed by atoms with Crippen molar-refractivity contribution in [3.8, 4) is 33.4 Å². The van der Waals surface area contributed by atoms with Gasteiger partial charge in [-0.3, -0.25) is 0 Å². The number of furan rings is 1. The van der Waals surface area contributed by atoms with Crippen LogP contribution >= 0.6 is 0 Å². The lowest BCUT2D eigenvalue weighted by Gasteiger charge is -2.30. The van der Waals surface area contributed by atoms with E-state index < -0.39 is 0 Å². The minimum Gasteiger partial charge on any atom is -0.456 e. The summed E-state index contributed by atoms with van der Waals surface area (Å²) in [6.07, 6.45) is 0. The molecule has 7 aromatic carbocycles. The Morgan fingerprint density at radius 1 is 0.431 bits per heavy atom. The Morgan fingerprint density at radius 3 is 1.88 bits per heavy atom. The zero-order valence-electron chi connectivity index (χ0n) is 28.8. The first-order chi connectivity index (χ1) is 24.3. The third-order valence-electron chi connectivity index (χ3n) is 11.5. The van der Waals surface area contributed by atoms with Crippen molar-refractivity contribution in [1.82, 2.24) is 0 Å². The molecule has 0 saturated carbocycles. The maximum Gasteiger partial charge on any atom is 0.135 e. The second-order valence-corrected chi connectivity index (χ2v) is 15.0. The highest BCUT2D eigenvalue weighted by atomic mass is 16.3. The molecule has 0 spiro atoms. The number of benzene rings is 7. The van der Waals surface area contributed by atoms with Crippen LogP contribution in [0.15, 0.2) is 156 Å². The lowest BCUT2D eigenvalue weighted by Crippen LogP contribution is -2.17. The van der Waals surface area contributed by atoms with E-state index >= 15 is 0 Å². The summed E-state index contributed by atoms with van der Waals surface area (Å²) in [4.78, 5) is 2.49. The van der Waals surface area contributed by atoms with Gasteiger partial charge in [0.25, 0.3) is 0 Å². The van der Waals surface area contributed by atoms with Gasteiger partial charge in [0.2, 0.25) is 0 Å². The Labute approximate surface area is 300 Å². The van der Waals surface area contributed by atoms with Crippen molar-refractivity contribution in [3.63, 3.8) is 0 Å². The third kappa shape index (κ3) is 4.42. The molecule has 0 atom stereocenters. The molecule has 51 heavy (non-hydrogen) atoms. The van der Waals surface area contributed by atoms with Gasteiger partial charge >= 0.3 is 0 Å². The van der Waals surface area contributed by atoms with E-state index in [0.29, 0.717) is 0 Å². The van der Waals surface area contributed by atoms with Gasteiger partial charge in [0.15, 0.2) is 0 Å². The predicted octanol–water partition coefficient (Wildman–Crippen LogP) is 14.0. The van der Waals surface area contributed by atoms with Gasteiger partial charge in [0.05, 0.1) is 5.69 Å². The average molecular weight is 660 g/mol. The second kappa shape index (κ2) is 11.1. The van der Waals surface area contributed by atoms with E-state index in [-0.39, 0.29) is 18.3 Å². The van der Waals surface area contributed by atoms with E-state index in [2.05, 4.69) is 172 Å². The summed E-state index contributed by atoms with van der Waals surface area (Å²) < 4.78 is 6.18. The van der Waals surface area contributed by atoms with E-state index in [9.17, 15) is 0 Å². The molecule has 10 rings (SSSR count). The van der Waals surface area contributed by atoms with Crippen molar-refractivity contribution in [3.05, 3.63) is 174 Å². The predicted molar refractivity (Wildman–Crippen MR) is 216 cm³/mol. The Hall–Kier alpha value is -5.86. The van der Waals surface area contributed by atoms with Gasteiger partial charge in [-0.05, 0) is 98.6 Å². The van der Waals surface area contributed by atoms with Crippen LogP contribution in [0.2, 0.25) is 0 Å². The highest BCUT2D eigenvalue weighted by Gasteiger charge is 2.39. The summed E-state index contributed by atoms with van der Waals surface area (Å²) in [5, 5.41) is 2.28. The van der Waals surface area contributed by atoms with E-state index in [1.807, 2.05) is 12.1 Å². The lowest BCUT2D eigenvalue weighted by molar-refractivity contribution is 0.660. The topological polar surface area (TPSA) is 16.4 Å². The Bertz CT molecular complexity index is 2670. The average Bonchev–Trinajstić information content (AvgIpc) is 3.72. The fraction of sp³-hybridized carbons (Fsp3) is 0.143. The fourth-order valence-corrected chi connectivity index (χ4v) is 8.91. The molecule has 1 aromatic heterocycles. The molecule has 1 heterocycles. The molecule has 2 aliphatic rings. The van der Waals surface area contributed by atoms with Crippen molar-refractivity contribution in [1.29, 1.82) is 0 Å². The zero-order valence-corrected chi connectivity index (χ0v) is 28.8. The molecule has 0 saturated heterocycles. The first-order valence-corrected chi connectivity index (χ1v) is 17.6. The second-order valence-electron chi connectivity index (χ2n) is 15.0. The molecule has 0 N–H and O–H groups in total. The number of hydrogen-bond acceptors (Lipinski definition) is 2. The Balaban J connectivity index is 0.00000348. The molecular weight excluding hydrogens is 619 g/mol. The molecule has 0 amide bonds. The molecule has 2 heteroatoms. The van der Waals surface area contributed by atoms with Gasteiger partial charge < -0.3 is 9.32 Å². The molecular formula is C49H41NO. The van der Waals surface area contributed by atoms with Crippen LogP contribution in [0, 0.1) is 0 Å². The molecule has 248 valence electrons. The lowest BCUT2D eigenvalue weighted by atomic mass is 9.82. The largest absolute Gasteiger partial charge is 0.456 e. The van der Waals surface area contributed by atoms with Crippen LogP contribution in [0.3, 0.4) is 0 Å². The molecule has 0 bridgehead atoms. The highest BCUT2D eigenvalue weighted by molar-refractivity contribution is 6.06. The van der Waals surface area contributed by atoms with Gasteiger partial charge in [0, 0.05) is 38.5 Å². The number of fused-ring (bicyclic) bond motifs is 9. The molecule has 0 radical (unpaired) electrons. The summed E-state index contributed by atoms with van der Waals surface area (Å²) in [5.74, 6) is 0. The molecule has 2 nitrogen and oxygen atoms in total. The summed E-state index contributed by atoms with van der Waals surface area (Å²) in [5.41, 5.74) is 18.2. The minimum absolute atomic E-state index is 0. The Kier molecular flexibility index (Phi) is 6.76. The van der Waals surface area contributed by atoms with E-state index in [1.54, 1.807) is 0 Å². The van der Waals surface area contributed by atoms with Crippen LogP contribution in [0.1, 0.15) is 57.4 Å². The SMILES string of the molecule is C.CC1(C)c2ccccc2-c2ccc(N(c3cccc(-c4ccc5oc6ccccc6c5c4)c3)c3cccc4c3-c3ccccc3C4(C)C)cc21. The van der Waals surface area contributed by atoms with Crippen molar-refractivity contribution >= 4 is 39.0 Å². The number of para-hydroxylation sites is 1. The highest BCUT2D eigenvalue weighted by Crippen LogP contribution is 2.55. The molecule has 0 fully saturated rings. The summed E-state index contributed by atoms with van der Waals surface area (Å²) in [6.45, 7) is 9.44. The van der Waals surface area contributed by atoms with Gasteiger partial charge in [0.1, 0.15) is 11.2 Å². The van der Waals surface area contributed by atoms with E-state index in [1.165, 1.54) is 61.3 Å². The number of rotatable bonds is 4. The number of anilines is 3. The maximum atomic E-state index is 6.18. The smallest absolute Gasteiger partial charge is 0.135 e. The van der Waals surface area contributed by atoms with Crippen molar-refractivity contribution in [2.45, 2.75) is 46.0 Å². The van der Waals surface area contributed by atoms with Crippen molar-refractivity contribution in [2.75, 3.05) is 4.90 Å². The first-order valence-electron chi connectivity index (χ1n) is 17.6. The molecule has 0 unspecified atom stereocenters. The van der Waals surface area contributed by atoms with Gasteiger partial charge in [-0.15, -0.1) is 0 Å². The zero-order chi connectivity index (χ0) is 33.8. The monoisotopic (exact) mass is 659 g/mol. The summed E-state index contributed by atoms with van der Waals surface area (Å²) in [6, 6.07) is 55.7. The van der Waals surface area contributed by atoms with Crippen LogP contribution in [-0.4, -0.2) is 0 Å². The first kappa shape index (κ1) is 31.1. The van der Waals surface area contributed by atoms with Crippen LogP contribution in [0.5, 0.6) is 0 Å². The number of nitrogens with zero attached hydrogens (tertiary/aromatic N) is 1. The quantitative estimate of drug-likeness (QED) is 0.187. The van der Waals surface area contributed by atoms with Crippen LogP contribution < -0.4 is 4.90 Å². The maximum absolute atomic E-state index is 6.18. The standard InChI is InChI=1S/C48H37NO.CH4/c1-47(2)40-19-9-6-17-37(40)46-41(47)20-12-21-43(46)49(33-24-25-35-34-15-5-8-18-39(34)48(3,4)42(35)29-33)32-14-11-13-30(27-32)31-23-26-45-38(28-31)36-16-7-10-22-44(36)50-45;/h5-29H,1-4H3;1H4. The summed E-state index contributed by atoms with van der Waals surface area (Å²) >= 11 is 0. The summed E-state index contributed by atoms with van der Waals surface area (Å²) in [7, 11) is 0. The van der Waals surface area contributed by atoms with Crippen molar-refractivity contribution < 1.29 is 4.42 Å². The van der Waals surface area contributed by atoms with Crippen LogP contribution in [0.4, 0.5) is 17.1 Å². The molecule has 2 aliphatic carbocycles. The van der Waals surface area contributed by atoms with E-state index in [4.69, 9.17) is 4.42 Å². The van der Waals surface area contributed by atoms with Gasteiger partial charge in [-0.25, -0.2) is 0 Å². The molecule has 8 aromatic rings. The van der Waals surface area contributed by atoms with Gasteiger partial charge in [-0.2, -0.15) is 0 Å². The minimum atomic E-state index is -0.106.